The van der Waals surface area contributed by atoms with E-state index in [1.54, 1.807) is 44.6 Å². The van der Waals surface area contributed by atoms with Crippen LogP contribution < -0.4 is 20.5 Å². The first-order valence-corrected chi connectivity index (χ1v) is 15.2. The van der Waals surface area contributed by atoms with Crippen molar-refractivity contribution < 1.29 is 29.2 Å². The van der Waals surface area contributed by atoms with E-state index in [-0.39, 0.29) is 12.2 Å². The molecule has 0 saturated carbocycles. The van der Waals surface area contributed by atoms with Gasteiger partial charge in [-0.15, -0.1) is 0 Å². The van der Waals surface area contributed by atoms with Crippen molar-refractivity contribution in [2.75, 3.05) is 19.5 Å². The normalized spacial score (nSPS) is 18.3. The van der Waals surface area contributed by atoms with E-state index >= 15 is 0 Å². The number of hydrogen-bond donors (Lipinski definition) is 3. The van der Waals surface area contributed by atoms with Gasteiger partial charge in [-0.25, -0.2) is 4.79 Å². The molecule has 0 radical (unpaired) electrons. The highest BCUT2D eigenvalue weighted by molar-refractivity contribution is 6.03. The highest BCUT2D eigenvalue weighted by atomic mass is 16.5. The van der Waals surface area contributed by atoms with Crippen LogP contribution >= 0.6 is 0 Å². The molecule has 1 amide bonds. The molecule has 1 unspecified atom stereocenters. The average Bonchev–Trinajstić information content (AvgIpc) is 3.50. The highest BCUT2D eigenvalue weighted by Crippen LogP contribution is 2.51. The molecule has 5 aromatic rings. The molecule has 4 aromatic carbocycles. The lowest BCUT2D eigenvalue weighted by Crippen LogP contribution is -2.51. The molecule has 2 heterocycles. The predicted molar refractivity (Wildman–Crippen MR) is 176 cm³/mol. The van der Waals surface area contributed by atoms with Gasteiger partial charge in [-0.3, -0.25) is 9.36 Å². The van der Waals surface area contributed by atoms with Gasteiger partial charge in [0, 0.05) is 29.3 Å². The molecule has 6 rings (SSSR count). The van der Waals surface area contributed by atoms with Crippen molar-refractivity contribution in [1.82, 2.24) is 9.55 Å². The molecule has 0 bridgehead atoms. The summed E-state index contributed by atoms with van der Waals surface area (Å²) in [6.45, 7) is 0. The van der Waals surface area contributed by atoms with Crippen molar-refractivity contribution in [3.63, 3.8) is 0 Å². The summed E-state index contributed by atoms with van der Waals surface area (Å²) in [5, 5.41) is 26.8. The number of hydrogen-bond acceptors (Lipinski definition) is 8. The van der Waals surface area contributed by atoms with E-state index in [1.807, 2.05) is 78.9 Å². The standard InChI is InChI=1S/C37H35N3O7/c1-45-29-19-11-9-17-26(29)37(25-15-7-4-8-16-25,27-18-10-12-20-30(27)46-2)34(42)33-28(41)23-32(47-33)40-22-21-31(39-36(40)44)38-35(43)24-13-5-3-6-14-24/h3-22,28,32-34,41-42H,23H2,1-2H3,(H,38,39,43,44)/t28-,32+,33-,34?/m0/s1. The first-order chi connectivity index (χ1) is 22.9. The van der Waals surface area contributed by atoms with Crippen LogP contribution in [0.4, 0.5) is 5.82 Å². The summed E-state index contributed by atoms with van der Waals surface area (Å²) in [6.07, 6.45) is -3.25. The number of nitrogens with one attached hydrogen (secondary N) is 1. The van der Waals surface area contributed by atoms with Crippen LogP contribution in [-0.4, -0.2) is 58.2 Å². The van der Waals surface area contributed by atoms with Crippen LogP contribution in [0.3, 0.4) is 0 Å². The summed E-state index contributed by atoms with van der Waals surface area (Å²) in [5.74, 6) is 0.694. The number of methoxy groups -OCH3 is 2. The number of aliphatic hydroxyl groups excluding tert-OH is 2. The largest absolute Gasteiger partial charge is 0.496 e. The fourth-order valence-electron chi connectivity index (χ4n) is 6.45. The maximum atomic E-state index is 13.2. The average molecular weight is 634 g/mol. The minimum absolute atomic E-state index is 0.00174. The Bertz CT molecular complexity index is 1850. The Kier molecular flexibility index (Phi) is 9.17. The number of rotatable bonds is 10. The number of para-hydroxylation sites is 2. The van der Waals surface area contributed by atoms with Gasteiger partial charge in [0.1, 0.15) is 35.8 Å². The van der Waals surface area contributed by atoms with Crippen molar-refractivity contribution in [2.24, 2.45) is 0 Å². The van der Waals surface area contributed by atoms with Crippen molar-refractivity contribution in [2.45, 2.75) is 36.4 Å². The predicted octanol–water partition coefficient (Wildman–Crippen LogP) is 4.56. The maximum Gasteiger partial charge on any atom is 0.351 e. The molecule has 1 aromatic heterocycles. The number of aliphatic hydroxyl groups is 2. The van der Waals surface area contributed by atoms with Crippen molar-refractivity contribution in [3.05, 3.63) is 154 Å². The molecule has 1 aliphatic heterocycles. The summed E-state index contributed by atoms with van der Waals surface area (Å²) < 4.78 is 19.3. The number of ether oxygens (including phenoxy) is 3. The van der Waals surface area contributed by atoms with Crippen LogP contribution in [0.5, 0.6) is 11.5 Å². The minimum atomic E-state index is -1.41. The lowest BCUT2D eigenvalue weighted by atomic mass is 9.63. The Hall–Kier alpha value is -5.29. The number of benzene rings is 4. The van der Waals surface area contributed by atoms with Gasteiger partial charge in [0.2, 0.25) is 0 Å². The van der Waals surface area contributed by atoms with Crippen LogP contribution in [0.1, 0.15) is 39.7 Å². The second-order valence-electron chi connectivity index (χ2n) is 11.2. The van der Waals surface area contributed by atoms with Gasteiger partial charge < -0.3 is 29.7 Å². The fourth-order valence-corrected chi connectivity index (χ4v) is 6.45. The zero-order valence-corrected chi connectivity index (χ0v) is 25.9. The van der Waals surface area contributed by atoms with E-state index in [2.05, 4.69) is 10.3 Å². The molecule has 1 fully saturated rings. The summed E-state index contributed by atoms with van der Waals surface area (Å²) in [7, 11) is 3.12. The third-order valence-electron chi connectivity index (χ3n) is 8.60. The summed E-state index contributed by atoms with van der Waals surface area (Å²) in [6, 6.07) is 34.3. The third-order valence-corrected chi connectivity index (χ3v) is 8.60. The van der Waals surface area contributed by atoms with Gasteiger partial charge in [0.15, 0.2) is 0 Å². The molecule has 0 aliphatic carbocycles. The fraction of sp³-hybridized carbons (Fsp3) is 0.216. The van der Waals surface area contributed by atoms with Crippen molar-refractivity contribution in [1.29, 1.82) is 0 Å². The van der Waals surface area contributed by atoms with Crippen LogP contribution in [0.15, 0.2) is 126 Å². The molecule has 10 nitrogen and oxygen atoms in total. The van der Waals surface area contributed by atoms with Crippen molar-refractivity contribution in [3.8, 4) is 11.5 Å². The van der Waals surface area contributed by atoms with Crippen LogP contribution in [0.25, 0.3) is 0 Å². The lowest BCUT2D eigenvalue weighted by Gasteiger charge is -2.43. The lowest BCUT2D eigenvalue weighted by molar-refractivity contribution is -0.0979. The van der Waals surface area contributed by atoms with Crippen LogP contribution in [0, 0.1) is 0 Å². The van der Waals surface area contributed by atoms with Gasteiger partial charge in [0.25, 0.3) is 5.91 Å². The van der Waals surface area contributed by atoms with Crippen LogP contribution in [0.2, 0.25) is 0 Å². The second kappa shape index (κ2) is 13.6. The van der Waals surface area contributed by atoms with Crippen molar-refractivity contribution >= 4 is 11.7 Å². The van der Waals surface area contributed by atoms with Gasteiger partial charge in [0.05, 0.1) is 25.7 Å². The van der Waals surface area contributed by atoms with Gasteiger partial charge in [-0.1, -0.05) is 84.9 Å². The minimum Gasteiger partial charge on any atom is -0.496 e. The van der Waals surface area contributed by atoms with E-state index in [0.29, 0.717) is 33.8 Å². The molecule has 47 heavy (non-hydrogen) atoms. The number of amides is 1. The third kappa shape index (κ3) is 5.90. The zero-order chi connectivity index (χ0) is 33.0. The van der Waals surface area contributed by atoms with Crippen LogP contribution in [-0.2, 0) is 10.2 Å². The first kappa shape index (κ1) is 31.7. The van der Waals surface area contributed by atoms with E-state index in [4.69, 9.17) is 14.2 Å². The van der Waals surface area contributed by atoms with Gasteiger partial charge >= 0.3 is 5.69 Å². The number of nitrogens with zero attached hydrogens (tertiary/aromatic N) is 2. The second-order valence-corrected chi connectivity index (χ2v) is 11.2. The van der Waals surface area contributed by atoms with E-state index < -0.39 is 41.6 Å². The first-order valence-electron chi connectivity index (χ1n) is 15.2. The number of aromatic nitrogens is 2. The molecule has 3 N–H and O–H groups in total. The van der Waals surface area contributed by atoms with E-state index in [1.165, 1.54) is 16.8 Å². The summed E-state index contributed by atoms with van der Waals surface area (Å²) in [4.78, 5) is 29.8. The Labute approximate surface area is 271 Å². The molecule has 4 atom stereocenters. The SMILES string of the molecule is COc1ccccc1C(c1ccccc1)(c1ccccc1OC)C(O)[C@H]1O[C@@H](n2ccc(NC(=O)c3ccccc3)nc2=O)C[C@@H]1O. The molecule has 240 valence electrons. The molecular weight excluding hydrogens is 598 g/mol. The quantitative estimate of drug-likeness (QED) is 0.191. The van der Waals surface area contributed by atoms with E-state index in [9.17, 15) is 19.8 Å². The Morgan fingerprint density at radius 3 is 2.00 bits per heavy atom. The van der Waals surface area contributed by atoms with Gasteiger partial charge in [-0.05, 0) is 35.9 Å². The topological polar surface area (TPSA) is 132 Å². The molecule has 1 saturated heterocycles. The monoisotopic (exact) mass is 633 g/mol. The molecule has 1 aliphatic rings. The number of carbonyl (C=O) groups excluding carboxylic acids is 1. The summed E-state index contributed by atoms with van der Waals surface area (Å²) in [5.41, 5.74) is 0.328. The zero-order valence-electron chi connectivity index (χ0n) is 25.9. The molecule has 0 spiro atoms. The van der Waals surface area contributed by atoms with E-state index in [0.717, 1.165) is 0 Å². The molecule has 10 heteroatoms. The number of carbonyl (C=O) groups is 1. The summed E-state index contributed by atoms with van der Waals surface area (Å²) >= 11 is 0. The van der Waals surface area contributed by atoms with Gasteiger partial charge in [-0.2, -0.15) is 4.98 Å². The highest BCUT2D eigenvalue weighted by Gasteiger charge is 2.54. The maximum absolute atomic E-state index is 13.2. The Balaban J connectivity index is 1.40. The Morgan fingerprint density at radius 1 is 0.872 bits per heavy atom. The Morgan fingerprint density at radius 2 is 1.43 bits per heavy atom. The number of anilines is 1. The smallest absolute Gasteiger partial charge is 0.351 e. The molecular formula is C37H35N3O7.